The van der Waals surface area contributed by atoms with Gasteiger partial charge in [0, 0.05) is 41.8 Å². The van der Waals surface area contributed by atoms with Crippen molar-refractivity contribution in [3.63, 3.8) is 0 Å². The van der Waals surface area contributed by atoms with Crippen LogP contribution in [0, 0.1) is 0 Å². The number of carbonyl (C=O) groups is 4. The van der Waals surface area contributed by atoms with Crippen molar-refractivity contribution in [1.82, 2.24) is 10.6 Å². The van der Waals surface area contributed by atoms with Gasteiger partial charge in [0.1, 0.15) is 0 Å². The third kappa shape index (κ3) is 11.8. The maximum Gasteiger partial charge on any atom is 0.251 e. The largest absolute Gasteiger partial charge is 0.352 e. The van der Waals surface area contributed by atoms with Gasteiger partial charge in [-0.15, -0.1) is 0 Å². The maximum atomic E-state index is 12.4. The minimum atomic E-state index is -0.137. The fraction of sp³-hybridized carbons (Fsp3) is 0.500. The predicted octanol–water partition coefficient (Wildman–Crippen LogP) is 6.93. The highest BCUT2D eigenvalue weighted by atomic mass is 16.2. The van der Waals surface area contributed by atoms with Crippen molar-refractivity contribution >= 4 is 23.4 Å². The van der Waals surface area contributed by atoms with Crippen LogP contribution in [0.2, 0.25) is 0 Å². The summed E-state index contributed by atoms with van der Waals surface area (Å²) in [6.45, 7) is 4.97. The first-order chi connectivity index (χ1) is 18.4. The monoisotopic (exact) mass is 520 g/mol. The number of hydrogen-bond acceptors (Lipinski definition) is 4. The van der Waals surface area contributed by atoms with Gasteiger partial charge in [0.2, 0.25) is 0 Å². The fourth-order valence-corrected chi connectivity index (χ4v) is 4.28. The molecule has 0 heterocycles. The average molecular weight is 521 g/mol. The molecule has 2 amide bonds. The van der Waals surface area contributed by atoms with Crippen LogP contribution in [0.3, 0.4) is 0 Å². The smallest absolute Gasteiger partial charge is 0.251 e. The zero-order chi connectivity index (χ0) is 27.6. The van der Waals surface area contributed by atoms with Crippen LogP contribution in [0.25, 0.3) is 0 Å². The molecule has 0 saturated heterocycles. The molecule has 206 valence electrons. The Labute approximate surface area is 228 Å². The van der Waals surface area contributed by atoms with E-state index in [1.54, 1.807) is 48.5 Å². The molecule has 0 aliphatic carbocycles. The molecule has 6 heteroatoms. The summed E-state index contributed by atoms with van der Waals surface area (Å²) in [6, 6.07) is 13.7. The molecule has 2 rings (SSSR count). The Hall–Kier alpha value is -3.28. The summed E-state index contributed by atoms with van der Waals surface area (Å²) in [5.74, 6) is -0.203. The molecule has 0 bridgehead atoms. The van der Waals surface area contributed by atoms with Gasteiger partial charge in [0.25, 0.3) is 11.8 Å². The lowest BCUT2D eigenvalue weighted by Gasteiger charge is -2.08. The summed E-state index contributed by atoms with van der Waals surface area (Å²) >= 11 is 0. The van der Waals surface area contributed by atoms with Crippen LogP contribution < -0.4 is 10.6 Å². The molecular weight excluding hydrogens is 476 g/mol. The Balaban J connectivity index is 1.55. The van der Waals surface area contributed by atoms with Gasteiger partial charge in [-0.05, 0) is 56.5 Å². The summed E-state index contributed by atoms with van der Waals surface area (Å²) in [4.78, 5) is 48.5. The van der Waals surface area contributed by atoms with Crippen molar-refractivity contribution in [3.8, 4) is 0 Å². The highest BCUT2D eigenvalue weighted by Gasteiger charge is 2.10. The predicted molar refractivity (Wildman–Crippen MR) is 153 cm³/mol. The van der Waals surface area contributed by atoms with Crippen LogP contribution in [-0.4, -0.2) is 36.5 Å². The molecule has 6 nitrogen and oxygen atoms in total. The number of unbranched alkanes of at least 4 members (excludes halogenated alkanes) is 9. The van der Waals surface area contributed by atoms with Crippen molar-refractivity contribution < 1.29 is 19.2 Å². The Kier molecular flexibility index (Phi) is 14.7. The lowest BCUT2D eigenvalue weighted by molar-refractivity contribution is 0.0941. The van der Waals surface area contributed by atoms with Crippen molar-refractivity contribution in [2.24, 2.45) is 0 Å². The normalized spacial score (nSPS) is 10.7. The quantitative estimate of drug-likeness (QED) is 0.155. The van der Waals surface area contributed by atoms with E-state index < -0.39 is 0 Å². The summed E-state index contributed by atoms with van der Waals surface area (Å²) in [6.07, 6.45) is 12.2. The van der Waals surface area contributed by atoms with E-state index >= 15 is 0 Å². The number of amides is 2. The second kappa shape index (κ2) is 18.1. The van der Waals surface area contributed by atoms with Crippen LogP contribution >= 0.6 is 0 Å². The van der Waals surface area contributed by atoms with Crippen LogP contribution in [0.5, 0.6) is 0 Å². The SMILES string of the molecule is CCCCCCCCNC(=O)c1ccc(C(=O)NCCCCCCCC(=O)c2cccc(C(C)=O)c2)cc1. The second-order valence-electron chi connectivity index (χ2n) is 9.93. The lowest BCUT2D eigenvalue weighted by atomic mass is 10.0. The number of benzene rings is 2. The van der Waals surface area contributed by atoms with Gasteiger partial charge in [-0.1, -0.05) is 76.5 Å². The number of hydrogen-bond donors (Lipinski definition) is 2. The third-order valence-corrected chi connectivity index (χ3v) is 6.68. The standard InChI is InChI=1S/C32H44N2O4/c1-3-4-5-6-9-12-22-33-31(37)26-18-20-27(21-19-26)32(38)34-23-13-10-7-8-11-17-30(36)29-16-14-15-28(24-29)25(2)35/h14-16,18-21,24H,3-13,17,22-23H2,1-2H3,(H,33,37)(H,34,38). The molecule has 0 radical (unpaired) electrons. The van der Waals surface area contributed by atoms with Crippen molar-refractivity contribution in [1.29, 1.82) is 0 Å². The molecule has 0 fully saturated rings. The molecule has 0 aliphatic heterocycles. The van der Waals surface area contributed by atoms with E-state index in [-0.39, 0.29) is 23.4 Å². The van der Waals surface area contributed by atoms with Crippen molar-refractivity contribution in [2.75, 3.05) is 13.1 Å². The van der Waals surface area contributed by atoms with E-state index in [1.165, 1.54) is 32.6 Å². The van der Waals surface area contributed by atoms with E-state index in [2.05, 4.69) is 17.6 Å². The molecule has 0 aliphatic rings. The van der Waals surface area contributed by atoms with Gasteiger partial charge < -0.3 is 10.6 Å². The fourth-order valence-electron chi connectivity index (χ4n) is 4.28. The van der Waals surface area contributed by atoms with E-state index in [9.17, 15) is 19.2 Å². The number of nitrogens with one attached hydrogen (secondary N) is 2. The Bertz CT molecular complexity index is 1030. The minimum absolute atomic E-state index is 0.0368. The van der Waals surface area contributed by atoms with Crippen LogP contribution in [-0.2, 0) is 0 Å². The maximum absolute atomic E-state index is 12.4. The van der Waals surface area contributed by atoms with Crippen LogP contribution in [0.1, 0.15) is 132 Å². The third-order valence-electron chi connectivity index (χ3n) is 6.68. The Morgan fingerprint density at radius 1 is 0.579 bits per heavy atom. The van der Waals surface area contributed by atoms with Crippen LogP contribution in [0.4, 0.5) is 0 Å². The van der Waals surface area contributed by atoms with Crippen molar-refractivity contribution in [2.45, 2.75) is 90.9 Å². The molecule has 0 unspecified atom stereocenters. The topological polar surface area (TPSA) is 92.3 Å². The highest BCUT2D eigenvalue weighted by Crippen LogP contribution is 2.13. The summed E-state index contributed by atoms with van der Waals surface area (Å²) < 4.78 is 0. The summed E-state index contributed by atoms with van der Waals surface area (Å²) in [5.41, 5.74) is 2.28. The van der Waals surface area contributed by atoms with Crippen molar-refractivity contribution in [3.05, 3.63) is 70.8 Å². The first kappa shape index (κ1) is 30.9. The minimum Gasteiger partial charge on any atom is -0.352 e. The first-order valence-corrected chi connectivity index (χ1v) is 14.2. The molecular formula is C32H44N2O4. The summed E-state index contributed by atoms with van der Waals surface area (Å²) in [5, 5.41) is 5.89. The first-order valence-electron chi connectivity index (χ1n) is 14.2. The molecule has 0 spiro atoms. The molecule has 38 heavy (non-hydrogen) atoms. The molecule has 0 aromatic heterocycles. The molecule has 2 N–H and O–H groups in total. The zero-order valence-corrected chi connectivity index (χ0v) is 23.2. The number of ketones is 2. The van der Waals surface area contributed by atoms with Gasteiger partial charge in [-0.25, -0.2) is 0 Å². The zero-order valence-electron chi connectivity index (χ0n) is 23.2. The Morgan fingerprint density at radius 3 is 1.58 bits per heavy atom. The van der Waals surface area contributed by atoms with E-state index in [4.69, 9.17) is 0 Å². The van der Waals surface area contributed by atoms with E-state index in [0.717, 1.165) is 44.9 Å². The van der Waals surface area contributed by atoms with Gasteiger partial charge >= 0.3 is 0 Å². The molecule has 2 aromatic rings. The van der Waals surface area contributed by atoms with Gasteiger partial charge in [0.05, 0.1) is 0 Å². The summed E-state index contributed by atoms with van der Waals surface area (Å²) in [7, 11) is 0. The molecule has 0 atom stereocenters. The Morgan fingerprint density at radius 2 is 1.05 bits per heavy atom. The lowest BCUT2D eigenvalue weighted by Crippen LogP contribution is -2.26. The van der Waals surface area contributed by atoms with Gasteiger partial charge in [0.15, 0.2) is 11.6 Å². The highest BCUT2D eigenvalue weighted by molar-refractivity contribution is 6.00. The van der Waals surface area contributed by atoms with Gasteiger partial charge in [-0.2, -0.15) is 0 Å². The van der Waals surface area contributed by atoms with E-state index in [1.807, 2.05) is 0 Å². The second-order valence-corrected chi connectivity index (χ2v) is 9.93. The number of rotatable bonds is 19. The molecule has 2 aromatic carbocycles. The number of carbonyl (C=O) groups excluding carboxylic acids is 4. The number of Topliss-reactive ketones (excluding diaryl/α,β-unsaturated/α-hetero) is 2. The molecule has 0 saturated carbocycles. The van der Waals surface area contributed by atoms with E-state index in [0.29, 0.717) is 41.8 Å². The average Bonchev–Trinajstić information content (AvgIpc) is 2.93. The van der Waals surface area contributed by atoms with Gasteiger partial charge in [-0.3, -0.25) is 19.2 Å². The van der Waals surface area contributed by atoms with Crippen LogP contribution in [0.15, 0.2) is 48.5 Å².